The molecule has 1 amide bonds. The number of carbonyl (C=O) groups is 2. The van der Waals surface area contributed by atoms with Crippen LogP contribution >= 0.6 is 12.4 Å². The van der Waals surface area contributed by atoms with Gasteiger partial charge in [-0.3, -0.25) is 9.59 Å². The summed E-state index contributed by atoms with van der Waals surface area (Å²) in [6.45, 7) is 6.32. The molecule has 0 saturated heterocycles. The third kappa shape index (κ3) is 5.72. The monoisotopic (exact) mass is 298 g/mol. The Labute approximate surface area is 126 Å². The van der Waals surface area contributed by atoms with Gasteiger partial charge in [0.2, 0.25) is 5.91 Å². The molecule has 0 bridgehead atoms. The number of Topliss-reactive ketones (excluding diaryl/α,β-unsaturated/α-hetero) is 1. The third-order valence-corrected chi connectivity index (χ3v) is 2.71. The number of hydrogen-bond donors (Lipinski definition) is 2. The van der Waals surface area contributed by atoms with E-state index in [-0.39, 0.29) is 24.1 Å². The van der Waals surface area contributed by atoms with Crippen molar-refractivity contribution in [1.82, 2.24) is 5.32 Å². The fraction of sp³-hybridized carbons (Fsp3) is 0.467. The summed E-state index contributed by atoms with van der Waals surface area (Å²) in [6, 6.07) is 7.02. The maximum atomic E-state index is 12.0. The summed E-state index contributed by atoms with van der Waals surface area (Å²) in [6.07, 6.45) is 0.430. The normalized spacial score (nSPS) is 10.6. The molecule has 5 heteroatoms. The maximum absolute atomic E-state index is 12.0. The number of nitrogens with one attached hydrogen (secondary N) is 2. The van der Waals surface area contributed by atoms with Crippen LogP contribution in [0.2, 0.25) is 0 Å². The van der Waals surface area contributed by atoms with E-state index in [0.717, 1.165) is 0 Å². The minimum Gasteiger partial charge on any atom is -0.326 e. The predicted molar refractivity (Wildman–Crippen MR) is 84.6 cm³/mol. The Morgan fingerprint density at radius 1 is 1.10 bits per heavy atom. The minimum atomic E-state index is -0.391. The lowest BCUT2D eigenvalue weighted by Gasteiger charge is -2.16. The van der Waals surface area contributed by atoms with Crippen LogP contribution in [0.3, 0.4) is 0 Å². The molecule has 0 aliphatic rings. The van der Waals surface area contributed by atoms with E-state index in [9.17, 15) is 9.59 Å². The molecule has 0 spiro atoms. The Hall–Kier alpha value is -1.39. The van der Waals surface area contributed by atoms with Crippen LogP contribution in [0.1, 0.15) is 37.6 Å². The predicted octanol–water partition coefficient (Wildman–Crippen LogP) is 2.89. The van der Waals surface area contributed by atoms with Gasteiger partial charge in [0, 0.05) is 29.6 Å². The molecule has 2 N–H and O–H groups in total. The van der Waals surface area contributed by atoms with E-state index in [2.05, 4.69) is 10.6 Å². The van der Waals surface area contributed by atoms with Crippen LogP contribution < -0.4 is 10.6 Å². The quantitative estimate of drug-likeness (QED) is 0.822. The van der Waals surface area contributed by atoms with E-state index in [0.29, 0.717) is 24.2 Å². The molecule has 0 saturated carbocycles. The van der Waals surface area contributed by atoms with Gasteiger partial charge in [-0.05, 0) is 31.3 Å². The van der Waals surface area contributed by atoms with E-state index in [1.807, 2.05) is 20.8 Å². The number of anilines is 1. The molecule has 4 nitrogen and oxygen atoms in total. The molecular formula is C15H23ClN2O2. The van der Waals surface area contributed by atoms with Gasteiger partial charge in [-0.2, -0.15) is 0 Å². The fourth-order valence-corrected chi connectivity index (χ4v) is 1.60. The molecule has 1 aromatic rings. The zero-order valence-corrected chi connectivity index (χ0v) is 13.3. The standard InChI is InChI=1S/C15H22N2O2.ClH/c1-15(2,3)14(19)11-5-7-12(8-6-11)17-13(18)9-10-16-4;/h5-8,16H,9-10H2,1-4H3,(H,17,18);1H. The highest BCUT2D eigenvalue weighted by Crippen LogP contribution is 2.21. The topological polar surface area (TPSA) is 58.2 Å². The number of carbonyl (C=O) groups excluding carboxylic acids is 2. The van der Waals surface area contributed by atoms with Gasteiger partial charge in [-0.15, -0.1) is 12.4 Å². The second kappa shape index (κ2) is 8.02. The number of benzene rings is 1. The van der Waals surface area contributed by atoms with Crippen LogP contribution in [0.4, 0.5) is 5.69 Å². The highest BCUT2D eigenvalue weighted by atomic mass is 35.5. The van der Waals surface area contributed by atoms with Crippen molar-refractivity contribution in [3.63, 3.8) is 0 Å². The molecule has 1 aromatic carbocycles. The molecule has 20 heavy (non-hydrogen) atoms. The third-order valence-electron chi connectivity index (χ3n) is 2.71. The Morgan fingerprint density at radius 2 is 1.65 bits per heavy atom. The van der Waals surface area contributed by atoms with Crippen molar-refractivity contribution >= 4 is 29.8 Å². The number of rotatable bonds is 5. The van der Waals surface area contributed by atoms with E-state index in [4.69, 9.17) is 0 Å². The Morgan fingerprint density at radius 3 is 2.10 bits per heavy atom. The van der Waals surface area contributed by atoms with Crippen LogP contribution in [0.5, 0.6) is 0 Å². The van der Waals surface area contributed by atoms with E-state index >= 15 is 0 Å². The van der Waals surface area contributed by atoms with Gasteiger partial charge in [-0.25, -0.2) is 0 Å². The van der Waals surface area contributed by atoms with Crippen molar-refractivity contribution < 1.29 is 9.59 Å². The van der Waals surface area contributed by atoms with Gasteiger partial charge < -0.3 is 10.6 Å². The van der Waals surface area contributed by atoms with Crippen LogP contribution in [0, 0.1) is 5.41 Å². The molecule has 0 unspecified atom stereocenters. The summed E-state index contributed by atoms with van der Waals surface area (Å²) in [5.74, 6) is 0.0600. The van der Waals surface area contributed by atoms with Crippen LogP contribution in [-0.2, 0) is 4.79 Å². The number of amides is 1. The first-order chi connectivity index (χ1) is 8.84. The lowest BCUT2D eigenvalue weighted by Crippen LogP contribution is -2.20. The van der Waals surface area contributed by atoms with Gasteiger partial charge in [-0.1, -0.05) is 20.8 Å². The highest BCUT2D eigenvalue weighted by Gasteiger charge is 2.22. The van der Waals surface area contributed by atoms with Crippen molar-refractivity contribution in [2.45, 2.75) is 27.2 Å². The molecule has 0 atom stereocenters. The average Bonchev–Trinajstić information content (AvgIpc) is 2.35. The summed E-state index contributed by atoms with van der Waals surface area (Å²) >= 11 is 0. The minimum absolute atomic E-state index is 0. The summed E-state index contributed by atoms with van der Waals surface area (Å²) in [7, 11) is 1.81. The first-order valence-corrected chi connectivity index (χ1v) is 6.44. The van der Waals surface area contributed by atoms with Gasteiger partial charge in [0.15, 0.2) is 5.78 Å². The number of ketones is 1. The van der Waals surface area contributed by atoms with Gasteiger partial charge in [0.25, 0.3) is 0 Å². The zero-order valence-electron chi connectivity index (χ0n) is 12.4. The lowest BCUT2D eigenvalue weighted by atomic mass is 9.86. The second-order valence-corrected chi connectivity index (χ2v) is 5.56. The van der Waals surface area contributed by atoms with Crippen LogP contribution in [-0.4, -0.2) is 25.3 Å². The molecular weight excluding hydrogens is 276 g/mol. The number of halogens is 1. The first kappa shape index (κ1) is 18.6. The van der Waals surface area contributed by atoms with Crippen molar-refractivity contribution in [3.8, 4) is 0 Å². The average molecular weight is 299 g/mol. The van der Waals surface area contributed by atoms with E-state index < -0.39 is 5.41 Å². The van der Waals surface area contributed by atoms with E-state index in [1.54, 1.807) is 31.3 Å². The fourth-order valence-electron chi connectivity index (χ4n) is 1.60. The molecule has 0 radical (unpaired) electrons. The second-order valence-electron chi connectivity index (χ2n) is 5.56. The zero-order chi connectivity index (χ0) is 14.5. The van der Waals surface area contributed by atoms with Crippen molar-refractivity contribution in [3.05, 3.63) is 29.8 Å². The van der Waals surface area contributed by atoms with Gasteiger partial charge in [0.1, 0.15) is 0 Å². The maximum Gasteiger partial charge on any atom is 0.225 e. The molecule has 0 aliphatic heterocycles. The number of hydrogen-bond acceptors (Lipinski definition) is 3. The molecule has 0 heterocycles. The largest absolute Gasteiger partial charge is 0.326 e. The van der Waals surface area contributed by atoms with Crippen LogP contribution in [0.15, 0.2) is 24.3 Å². The van der Waals surface area contributed by atoms with Gasteiger partial charge in [0.05, 0.1) is 0 Å². The van der Waals surface area contributed by atoms with Crippen molar-refractivity contribution in [2.75, 3.05) is 18.9 Å². The molecule has 0 aromatic heterocycles. The Balaban J connectivity index is 0.00000361. The van der Waals surface area contributed by atoms with Crippen molar-refractivity contribution in [2.24, 2.45) is 5.41 Å². The van der Waals surface area contributed by atoms with Crippen molar-refractivity contribution in [1.29, 1.82) is 0 Å². The molecule has 1 rings (SSSR count). The first-order valence-electron chi connectivity index (χ1n) is 6.44. The Bertz CT molecular complexity index is 450. The highest BCUT2D eigenvalue weighted by molar-refractivity contribution is 6.00. The van der Waals surface area contributed by atoms with Gasteiger partial charge >= 0.3 is 0 Å². The summed E-state index contributed by atoms with van der Waals surface area (Å²) in [4.78, 5) is 23.6. The summed E-state index contributed by atoms with van der Waals surface area (Å²) in [5, 5.41) is 5.71. The smallest absolute Gasteiger partial charge is 0.225 e. The van der Waals surface area contributed by atoms with E-state index in [1.165, 1.54) is 0 Å². The van der Waals surface area contributed by atoms with Crippen LogP contribution in [0.25, 0.3) is 0 Å². The lowest BCUT2D eigenvalue weighted by molar-refractivity contribution is -0.116. The SMILES string of the molecule is CNCCC(=O)Nc1ccc(C(=O)C(C)(C)C)cc1.Cl. The molecule has 0 fully saturated rings. The molecule has 0 aliphatic carbocycles. The summed E-state index contributed by atoms with van der Waals surface area (Å²) in [5.41, 5.74) is 0.990. The summed E-state index contributed by atoms with van der Waals surface area (Å²) < 4.78 is 0. The molecule has 112 valence electrons. The Kier molecular flexibility index (Phi) is 7.46.